The van der Waals surface area contributed by atoms with E-state index in [0.717, 1.165) is 0 Å². The van der Waals surface area contributed by atoms with Gasteiger partial charge in [-0.15, -0.1) is 0 Å². The molecule has 2 aromatic rings. The largest absolute Gasteiger partial charge is 0.388 e. The Morgan fingerprint density at radius 3 is 2.40 bits per heavy atom. The molecule has 0 amide bonds. The number of nitrogens with zero attached hydrogens (tertiary/aromatic N) is 2. The molecule has 1 aromatic heterocycles. The van der Waals surface area contributed by atoms with Crippen molar-refractivity contribution in [3.05, 3.63) is 34.1 Å². The van der Waals surface area contributed by atoms with Crippen LogP contribution in [0.4, 0.5) is 0 Å². The SMILES string of the molecule is OCc1nc(-c2cc(Cl)cc(Cl)c2)n[nH]1. The van der Waals surface area contributed by atoms with Crippen molar-refractivity contribution < 1.29 is 5.11 Å². The summed E-state index contributed by atoms with van der Waals surface area (Å²) >= 11 is 11.7. The number of aromatic amines is 1. The number of halogens is 2. The predicted octanol–water partition coefficient (Wildman–Crippen LogP) is 2.27. The van der Waals surface area contributed by atoms with Gasteiger partial charge < -0.3 is 5.11 Å². The molecule has 15 heavy (non-hydrogen) atoms. The van der Waals surface area contributed by atoms with Crippen LogP contribution in [0.15, 0.2) is 18.2 Å². The van der Waals surface area contributed by atoms with Crippen molar-refractivity contribution >= 4 is 23.2 Å². The summed E-state index contributed by atoms with van der Waals surface area (Å²) in [6.07, 6.45) is 0. The van der Waals surface area contributed by atoms with Gasteiger partial charge in [-0.2, -0.15) is 5.10 Å². The summed E-state index contributed by atoms with van der Waals surface area (Å²) in [7, 11) is 0. The first-order chi connectivity index (χ1) is 7.19. The van der Waals surface area contributed by atoms with Crippen LogP contribution in [-0.2, 0) is 6.61 Å². The van der Waals surface area contributed by atoms with Gasteiger partial charge in [-0.3, -0.25) is 5.10 Å². The van der Waals surface area contributed by atoms with E-state index in [1.165, 1.54) is 0 Å². The highest BCUT2D eigenvalue weighted by molar-refractivity contribution is 6.35. The molecule has 1 aromatic carbocycles. The van der Waals surface area contributed by atoms with Gasteiger partial charge in [0.05, 0.1) is 0 Å². The lowest BCUT2D eigenvalue weighted by molar-refractivity contribution is 0.272. The summed E-state index contributed by atoms with van der Waals surface area (Å²) < 4.78 is 0. The topological polar surface area (TPSA) is 61.8 Å². The molecule has 0 aliphatic carbocycles. The predicted molar refractivity (Wildman–Crippen MR) is 57.8 cm³/mol. The number of aromatic nitrogens is 3. The molecule has 0 unspecified atom stereocenters. The molecule has 2 N–H and O–H groups in total. The second kappa shape index (κ2) is 4.18. The molecule has 0 saturated carbocycles. The zero-order chi connectivity index (χ0) is 10.8. The molecule has 0 aliphatic rings. The molecule has 4 nitrogen and oxygen atoms in total. The Morgan fingerprint density at radius 2 is 1.87 bits per heavy atom. The molecular weight excluding hydrogens is 237 g/mol. The maximum atomic E-state index is 8.82. The van der Waals surface area contributed by atoms with Crippen molar-refractivity contribution in [1.29, 1.82) is 0 Å². The lowest BCUT2D eigenvalue weighted by Gasteiger charge is -1.97. The van der Waals surface area contributed by atoms with Crippen molar-refractivity contribution in [2.45, 2.75) is 6.61 Å². The number of hydrogen-bond donors (Lipinski definition) is 2. The zero-order valence-corrected chi connectivity index (χ0v) is 9.05. The van der Waals surface area contributed by atoms with Crippen LogP contribution in [0.1, 0.15) is 5.82 Å². The minimum atomic E-state index is -0.179. The number of aliphatic hydroxyl groups excluding tert-OH is 1. The summed E-state index contributed by atoms with van der Waals surface area (Å²) in [5, 5.41) is 16.4. The van der Waals surface area contributed by atoms with Crippen LogP contribution in [0.5, 0.6) is 0 Å². The van der Waals surface area contributed by atoms with Crippen LogP contribution in [0.2, 0.25) is 10.0 Å². The van der Waals surface area contributed by atoms with Gasteiger partial charge in [-0.1, -0.05) is 23.2 Å². The highest BCUT2D eigenvalue weighted by Gasteiger charge is 2.06. The Hall–Kier alpha value is -1.10. The standard InChI is InChI=1S/C9H7Cl2N3O/c10-6-1-5(2-7(11)3-6)9-12-8(4-15)13-14-9/h1-3,15H,4H2,(H,12,13,14). The van der Waals surface area contributed by atoms with E-state index in [0.29, 0.717) is 27.3 Å². The normalized spacial score (nSPS) is 10.6. The molecule has 1 heterocycles. The summed E-state index contributed by atoms with van der Waals surface area (Å²) in [5.74, 6) is 0.865. The molecule has 0 radical (unpaired) electrons. The van der Waals surface area contributed by atoms with Gasteiger partial charge in [0.15, 0.2) is 11.6 Å². The van der Waals surface area contributed by atoms with E-state index in [1.54, 1.807) is 18.2 Å². The van der Waals surface area contributed by atoms with Crippen LogP contribution in [0.25, 0.3) is 11.4 Å². The Kier molecular flexibility index (Phi) is 2.90. The van der Waals surface area contributed by atoms with Crippen LogP contribution in [0.3, 0.4) is 0 Å². The minimum Gasteiger partial charge on any atom is -0.388 e. The number of aliphatic hydroxyl groups is 1. The number of hydrogen-bond acceptors (Lipinski definition) is 3. The number of H-pyrrole nitrogens is 1. The molecule has 0 aliphatic heterocycles. The monoisotopic (exact) mass is 243 g/mol. The molecule has 0 spiro atoms. The minimum absolute atomic E-state index is 0.179. The van der Waals surface area contributed by atoms with E-state index >= 15 is 0 Å². The Morgan fingerprint density at radius 1 is 1.20 bits per heavy atom. The van der Waals surface area contributed by atoms with Crippen molar-refractivity contribution in [2.24, 2.45) is 0 Å². The fourth-order valence-electron chi connectivity index (χ4n) is 1.18. The molecule has 0 bridgehead atoms. The molecule has 78 valence electrons. The third kappa shape index (κ3) is 2.28. The quantitative estimate of drug-likeness (QED) is 0.851. The van der Waals surface area contributed by atoms with E-state index in [-0.39, 0.29) is 6.61 Å². The molecule has 0 saturated heterocycles. The average molecular weight is 244 g/mol. The highest BCUT2D eigenvalue weighted by Crippen LogP contribution is 2.24. The second-order valence-electron chi connectivity index (χ2n) is 2.92. The van der Waals surface area contributed by atoms with Gasteiger partial charge in [0.2, 0.25) is 0 Å². The van der Waals surface area contributed by atoms with Gasteiger partial charge in [0.25, 0.3) is 0 Å². The summed E-state index contributed by atoms with van der Waals surface area (Å²) in [6, 6.07) is 5.04. The summed E-state index contributed by atoms with van der Waals surface area (Å²) in [5.41, 5.74) is 0.712. The lowest BCUT2D eigenvalue weighted by Crippen LogP contribution is -1.85. The van der Waals surface area contributed by atoms with Gasteiger partial charge in [0, 0.05) is 15.6 Å². The summed E-state index contributed by atoms with van der Waals surface area (Å²) in [6.45, 7) is -0.179. The van der Waals surface area contributed by atoms with Gasteiger partial charge >= 0.3 is 0 Å². The number of rotatable bonds is 2. The fraction of sp³-hybridized carbons (Fsp3) is 0.111. The Labute approximate surface area is 95.9 Å². The lowest BCUT2D eigenvalue weighted by atomic mass is 10.2. The molecule has 0 atom stereocenters. The van der Waals surface area contributed by atoms with Crippen LogP contribution < -0.4 is 0 Å². The van der Waals surface area contributed by atoms with Gasteiger partial charge in [-0.25, -0.2) is 4.98 Å². The van der Waals surface area contributed by atoms with E-state index in [9.17, 15) is 0 Å². The number of nitrogens with one attached hydrogen (secondary N) is 1. The van der Waals surface area contributed by atoms with E-state index < -0.39 is 0 Å². The van der Waals surface area contributed by atoms with E-state index in [2.05, 4.69) is 15.2 Å². The van der Waals surface area contributed by atoms with Crippen LogP contribution in [-0.4, -0.2) is 20.3 Å². The van der Waals surface area contributed by atoms with Gasteiger partial charge in [0.1, 0.15) is 6.61 Å². The Balaban J connectivity index is 2.44. The third-order valence-corrected chi connectivity index (χ3v) is 2.24. The molecule has 6 heteroatoms. The van der Waals surface area contributed by atoms with Crippen molar-refractivity contribution in [3.8, 4) is 11.4 Å². The smallest absolute Gasteiger partial charge is 0.181 e. The first-order valence-electron chi connectivity index (χ1n) is 4.17. The summed E-state index contributed by atoms with van der Waals surface area (Å²) in [4.78, 5) is 4.05. The van der Waals surface area contributed by atoms with E-state index in [1.807, 2.05) is 0 Å². The van der Waals surface area contributed by atoms with E-state index in [4.69, 9.17) is 28.3 Å². The molecule has 0 fully saturated rings. The van der Waals surface area contributed by atoms with Crippen molar-refractivity contribution in [1.82, 2.24) is 15.2 Å². The first-order valence-corrected chi connectivity index (χ1v) is 4.93. The maximum absolute atomic E-state index is 8.82. The zero-order valence-electron chi connectivity index (χ0n) is 7.54. The average Bonchev–Trinajstić information content (AvgIpc) is 2.64. The number of benzene rings is 1. The Bertz CT molecular complexity index is 464. The van der Waals surface area contributed by atoms with Gasteiger partial charge in [-0.05, 0) is 18.2 Å². The maximum Gasteiger partial charge on any atom is 0.181 e. The van der Waals surface area contributed by atoms with Crippen molar-refractivity contribution in [3.63, 3.8) is 0 Å². The second-order valence-corrected chi connectivity index (χ2v) is 3.79. The highest BCUT2D eigenvalue weighted by atomic mass is 35.5. The van der Waals surface area contributed by atoms with Crippen molar-refractivity contribution in [2.75, 3.05) is 0 Å². The first kappa shape index (κ1) is 10.4. The van der Waals surface area contributed by atoms with Crippen LogP contribution in [0, 0.1) is 0 Å². The molecule has 2 rings (SSSR count). The van der Waals surface area contributed by atoms with Crippen LogP contribution >= 0.6 is 23.2 Å². The fourth-order valence-corrected chi connectivity index (χ4v) is 1.70. The third-order valence-electron chi connectivity index (χ3n) is 1.80. The molecular formula is C9H7Cl2N3O.